The van der Waals surface area contributed by atoms with Gasteiger partial charge in [0.15, 0.2) is 0 Å². The molecular weight excluding hydrogens is 532 g/mol. The van der Waals surface area contributed by atoms with Crippen LogP contribution in [-0.2, 0) is 16.2 Å². The summed E-state index contributed by atoms with van der Waals surface area (Å²) in [6, 6.07) is 0.881. The quantitative estimate of drug-likeness (QED) is 0.333. The zero-order valence-corrected chi connectivity index (χ0v) is 19.7. The molecule has 2 aromatic carbocycles. The van der Waals surface area contributed by atoms with E-state index < -0.39 is 74.5 Å². The first kappa shape index (κ1) is 26.0. The average Bonchev–Trinajstić information content (AvgIpc) is 3.58. The van der Waals surface area contributed by atoms with Gasteiger partial charge in [-0.1, -0.05) is 6.07 Å². The lowest BCUT2D eigenvalue weighted by Gasteiger charge is -2.31. The lowest BCUT2D eigenvalue weighted by molar-refractivity contribution is -0.137. The van der Waals surface area contributed by atoms with Crippen molar-refractivity contribution in [3.8, 4) is 11.1 Å². The standard InChI is InChI=1S/C24H20F8N2O2S/c25-11-1-4-15(19(7-11)24(30,31)32)16-9-21-17(8-20(16)27)18(10-34(21)13-5-12(26)6-13)22(23(28)29)33-37(35,36)14-2-3-14/h1,4,7-10,12-14,22-23,33H,2-3,5-6H2/t12?,13?,22-/m0/s1. The molecule has 37 heavy (non-hydrogen) atoms. The predicted octanol–water partition coefficient (Wildman–Crippen LogP) is 6.67. The van der Waals surface area contributed by atoms with Gasteiger partial charge in [0.05, 0.1) is 10.8 Å². The van der Waals surface area contributed by atoms with Crippen molar-refractivity contribution in [1.82, 2.24) is 9.29 Å². The number of fused-ring (bicyclic) bond motifs is 1. The normalized spacial score (nSPS) is 21.4. The van der Waals surface area contributed by atoms with E-state index in [9.17, 15) is 39.2 Å². The lowest BCUT2D eigenvalue weighted by atomic mass is 9.90. The van der Waals surface area contributed by atoms with Crippen LogP contribution in [0.15, 0.2) is 36.5 Å². The molecule has 0 bridgehead atoms. The highest BCUT2D eigenvalue weighted by molar-refractivity contribution is 7.90. The maximum absolute atomic E-state index is 15.3. The van der Waals surface area contributed by atoms with Crippen LogP contribution in [0.3, 0.4) is 0 Å². The van der Waals surface area contributed by atoms with E-state index in [0.29, 0.717) is 12.8 Å². The molecule has 2 aliphatic carbocycles. The molecule has 1 aromatic heterocycles. The van der Waals surface area contributed by atoms with Crippen LogP contribution in [0.25, 0.3) is 22.0 Å². The summed E-state index contributed by atoms with van der Waals surface area (Å²) in [5.41, 5.74) is -2.92. The van der Waals surface area contributed by atoms with Gasteiger partial charge in [0.1, 0.15) is 23.8 Å². The zero-order valence-electron chi connectivity index (χ0n) is 18.9. The van der Waals surface area contributed by atoms with Crippen molar-refractivity contribution in [2.24, 2.45) is 0 Å². The van der Waals surface area contributed by atoms with Crippen molar-refractivity contribution in [1.29, 1.82) is 0 Å². The van der Waals surface area contributed by atoms with E-state index in [1.807, 2.05) is 4.72 Å². The molecule has 2 aliphatic rings. The minimum absolute atomic E-state index is 0.00652. The second kappa shape index (κ2) is 8.97. The van der Waals surface area contributed by atoms with Gasteiger partial charge in [0.25, 0.3) is 6.43 Å². The third-order valence-corrected chi connectivity index (χ3v) is 8.75. The Labute approximate surface area is 206 Å². The van der Waals surface area contributed by atoms with E-state index in [-0.39, 0.29) is 35.4 Å². The minimum atomic E-state index is -5.02. The molecule has 0 radical (unpaired) electrons. The van der Waals surface area contributed by atoms with Crippen molar-refractivity contribution in [3.05, 3.63) is 59.3 Å². The SMILES string of the molecule is O=S(=O)(N[C@@H](c1cn(C2CC(F)C2)c2cc(-c3ccc(F)cc3C(F)(F)F)c(F)cc12)C(F)F)C1CC1. The molecule has 1 atom stereocenters. The van der Waals surface area contributed by atoms with Crippen molar-refractivity contribution in [2.75, 3.05) is 0 Å². The van der Waals surface area contributed by atoms with Crippen LogP contribution < -0.4 is 4.72 Å². The Balaban J connectivity index is 1.70. The Morgan fingerprint density at radius 3 is 2.24 bits per heavy atom. The van der Waals surface area contributed by atoms with Crippen LogP contribution in [0, 0.1) is 11.6 Å². The third-order valence-electron chi connectivity index (χ3n) is 6.82. The summed E-state index contributed by atoms with van der Waals surface area (Å²) in [7, 11) is -4.10. The summed E-state index contributed by atoms with van der Waals surface area (Å²) in [5, 5.41) is -0.966. The van der Waals surface area contributed by atoms with E-state index in [0.717, 1.165) is 24.3 Å². The van der Waals surface area contributed by atoms with Crippen LogP contribution >= 0.6 is 0 Å². The number of hydrogen-bond donors (Lipinski definition) is 1. The number of nitrogens with zero attached hydrogens (tertiary/aromatic N) is 1. The molecule has 1 heterocycles. The second-order valence-corrected chi connectivity index (χ2v) is 11.4. The van der Waals surface area contributed by atoms with Crippen LogP contribution in [-0.4, -0.2) is 30.8 Å². The zero-order chi connectivity index (χ0) is 26.9. The Bertz CT molecular complexity index is 1460. The molecule has 13 heteroatoms. The number of hydrogen-bond acceptors (Lipinski definition) is 2. The largest absolute Gasteiger partial charge is 0.417 e. The monoisotopic (exact) mass is 552 g/mol. The number of benzene rings is 2. The summed E-state index contributed by atoms with van der Waals surface area (Å²) in [6.07, 6.45) is -7.66. The Morgan fingerprint density at radius 2 is 1.68 bits per heavy atom. The van der Waals surface area contributed by atoms with E-state index in [1.54, 1.807) is 0 Å². The molecular formula is C24H20F8N2O2S. The summed E-state index contributed by atoms with van der Waals surface area (Å²) >= 11 is 0. The van der Waals surface area contributed by atoms with E-state index in [2.05, 4.69) is 0 Å². The van der Waals surface area contributed by atoms with Crippen molar-refractivity contribution in [3.63, 3.8) is 0 Å². The maximum atomic E-state index is 15.3. The number of sulfonamides is 1. The van der Waals surface area contributed by atoms with E-state index in [4.69, 9.17) is 0 Å². The highest BCUT2D eigenvalue weighted by Crippen LogP contribution is 2.44. The van der Waals surface area contributed by atoms with Crippen LogP contribution in [0.5, 0.6) is 0 Å². The van der Waals surface area contributed by atoms with Gasteiger partial charge >= 0.3 is 6.18 Å². The fourth-order valence-electron chi connectivity index (χ4n) is 4.69. The molecule has 0 amide bonds. The Morgan fingerprint density at radius 1 is 1.00 bits per heavy atom. The summed E-state index contributed by atoms with van der Waals surface area (Å²) in [6.45, 7) is 0. The van der Waals surface area contributed by atoms with Crippen LogP contribution in [0.1, 0.15) is 48.9 Å². The van der Waals surface area contributed by atoms with Crippen LogP contribution in [0.4, 0.5) is 35.1 Å². The third kappa shape index (κ3) is 4.83. The molecule has 0 aliphatic heterocycles. The van der Waals surface area contributed by atoms with Gasteiger partial charge in [-0.05, 0) is 55.5 Å². The van der Waals surface area contributed by atoms with Crippen molar-refractivity contribution >= 4 is 20.9 Å². The summed E-state index contributed by atoms with van der Waals surface area (Å²) in [5.74, 6) is -2.40. The number of aromatic nitrogens is 1. The molecule has 5 rings (SSSR count). The molecule has 200 valence electrons. The molecule has 4 nitrogen and oxygen atoms in total. The van der Waals surface area contributed by atoms with Crippen molar-refractivity contribution < 1.29 is 43.5 Å². The first-order chi connectivity index (χ1) is 17.3. The topological polar surface area (TPSA) is 51.1 Å². The number of alkyl halides is 6. The van der Waals surface area contributed by atoms with Crippen LogP contribution in [0.2, 0.25) is 0 Å². The average molecular weight is 552 g/mol. The highest BCUT2D eigenvalue weighted by atomic mass is 32.2. The maximum Gasteiger partial charge on any atom is 0.417 e. The van der Waals surface area contributed by atoms with Gasteiger partial charge in [-0.15, -0.1) is 0 Å². The molecule has 0 unspecified atom stereocenters. The van der Waals surface area contributed by atoms with E-state index >= 15 is 4.39 Å². The van der Waals surface area contributed by atoms with Gasteiger partial charge in [0, 0.05) is 34.3 Å². The number of halogens is 8. The fraction of sp³-hybridized carbons (Fsp3) is 0.417. The Kier molecular flexibility index (Phi) is 6.29. The van der Waals surface area contributed by atoms with Gasteiger partial charge in [-0.25, -0.2) is 35.1 Å². The van der Waals surface area contributed by atoms with E-state index in [1.165, 1.54) is 10.8 Å². The van der Waals surface area contributed by atoms with Gasteiger partial charge in [-0.2, -0.15) is 13.2 Å². The van der Waals surface area contributed by atoms with Gasteiger partial charge in [0.2, 0.25) is 10.0 Å². The summed E-state index contributed by atoms with van der Waals surface area (Å²) < 4.78 is 140. The molecule has 2 saturated carbocycles. The minimum Gasteiger partial charge on any atom is -0.344 e. The number of nitrogens with one attached hydrogen (secondary N) is 1. The second-order valence-electron chi connectivity index (χ2n) is 9.43. The van der Waals surface area contributed by atoms with Gasteiger partial charge < -0.3 is 4.57 Å². The molecule has 0 spiro atoms. The first-order valence-corrected chi connectivity index (χ1v) is 13.0. The lowest BCUT2D eigenvalue weighted by Crippen LogP contribution is -2.35. The smallest absolute Gasteiger partial charge is 0.344 e. The van der Waals surface area contributed by atoms with Crippen molar-refractivity contribution in [2.45, 2.75) is 61.8 Å². The molecule has 1 N–H and O–H groups in total. The van der Waals surface area contributed by atoms with Gasteiger partial charge in [-0.3, -0.25) is 0 Å². The predicted molar refractivity (Wildman–Crippen MR) is 119 cm³/mol. The first-order valence-electron chi connectivity index (χ1n) is 11.4. The Hall–Kier alpha value is -2.67. The number of rotatable bonds is 7. The molecule has 2 fully saturated rings. The molecule has 0 saturated heterocycles. The summed E-state index contributed by atoms with van der Waals surface area (Å²) in [4.78, 5) is 0. The highest BCUT2D eigenvalue weighted by Gasteiger charge is 2.41. The molecule has 3 aromatic rings. The fourth-order valence-corrected chi connectivity index (χ4v) is 6.22.